The van der Waals surface area contributed by atoms with Crippen molar-refractivity contribution in [2.75, 3.05) is 13.2 Å². The van der Waals surface area contributed by atoms with Gasteiger partial charge in [0.05, 0.1) is 25.4 Å². The largest absolute Gasteiger partial charge is 0.394 e. The molecule has 1 heterocycles. The highest BCUT2D eigenvalue weighted by Crippen LogP contribution is 2.23. The van der Waals surface area contributed by atoms with Crippen LogP contribution in [0.5, 0.6) is 0 Å². The molecule has 0 aromatic carbocycles. The van der Waals surface area contributed by atoms with Crippen molar-refractivity contribution >= 4 is 5.91 Å². The fourth-order valence-electron chi connectivity index (χ4n) is 7.03. The zero-order valence-corrected chi connectivity index (χ0v) is 35.6. The van der Waals surface area contributed by atoms with Gasteiger partial charge in [0.15, 0.2) is 6.29 Å². The topological polar surface area (TPSA) is 149 Å². The maximum atomic E-state index is 12.8. The molecule has 6 N–H and O–H groups in total. The van der Waals surface area contributed by atoms with E-state index in [0.717, 1.165) is 70.6 Å². The average Bonchev–Trinajstić information content (AvgIpc) is 3.20. The first-order chi connectivity index (χ1) is 27.3. The molecule has 1 aliphatic heterocycles. The second-order valence-corrected chi connectivity index (χ2v) is 15.8. The van der Waals surface area contributed by atoms with Crippen molar-refractivity contribution in [3.63, 3.8) is 0 Å². The Kier molecular flexibility index (Phi) is 34.9. The van der Waals surface area contributed by atoms with Gasteiger partial charge >= 0.3 is 0 Å². The van der Waals surface area contributed by atoms with E-state index in [2.05, 4.69) is 67.8 Å². The minimum Gasteiger partial charge on any atom is -0.394 e. The number of amides is 1. The van der Waals surface area contributed by atoms with Gasteiger partial charge < -0.3 is 40.3 Å². The van der Waals surface area contributed by atoms with Gasteiger partial charge in [-0.2, -0.15) is 0 Å². The molecule has 0 bridgehead atoms. The second-order valence-electron chi connectivity index (χ2n) is 15.8. The number of ether oxygens (including phenoxy) is 2. The maximum Gasteiger partial charge on any atom is 0.220 e. The summed E-state index contributed by atoms with van der Waals surface area (Å²) in [4.78, 5) is 12.8. The van der Waals surface area contributed by atoms with E-state index in [9.17, 15) is 30.3 Å². The van der Waals surface area contributed by atoms with E-state index < -0.39 is 49.5 Å². The number of allylic oxidation sites excluding steroid dienone is 8. The van der Waals surface area contributed by atoms with Crippen LogP contribution in [0.1, 0.15) is 187 Å². The van der Waals surface area contributed by atoms with Gasteiger partial charge in [-0.25, -0.2) is 0 Å². The SMILES string of the molecule is CC/C=C\C/C=C\C/C=C\C/C=C\CCCCCCCCCCCCCCCCCCC(=O)NC(COC1OC(CO)C(O)C(O)C1O)C(O)CCCCCC. The zero-order valence-electron chi connectivity index (χ0n) is 35.6. The minimum atomic E-state index is -1.55. The van der Waals surface area contributed by atoms with Crippen LogP contribution in [0.25, 0.3) is 0 Å². The lowest BCUT2D eigenvalue weighted by molar-refractivity contribution is -0.302. The van der Waals surface area contributed by atoms with E-state index in [1.807, 2.05) is 0 Å². The number of nitrogens with one attached hydrogen (secondary N) is 1. The highest BCUT2D eigenvalue weighted by atomic mass is 16.7. The van der Waals surface area contributed by atoms with Gasteiger partial charge in [-0.15, -0.1) is 0 Å². The summed E-state index contributed by atoms with van der Waals surface area (Å²) in [6, 6.07) is -0.714. The third kappa shape index (κ3) is 27.7. The van der Waals surface area contributed by atoms with Crippen LogP contribution in [-0.2, 0) is 14.3 Å². The Morgan fingerprint density at radius 1 is 0.625 bits per heavy atom. The van der Waals surface area contributed by atoms with E-state index in [1.54, 1.807) is 0 Å². The zero-order chi connectivity index (χ0) is 40.9. The summed E-state index contributed by atoms with van der Waals surface area (Å²) >= 11 is 0. The Morgan fingerprint density at radius 2 is 1.11 bits per heavy atom. The lowest BCUT2D eigenvalue weighted by atomic mass is 9.99. The quantitative estimate of drug-likeness (QED) is 0.0269. The van der Waals surface area contributed by atoms with Crippen LogP contribution in [0.4, 0.5) is 0 Å². The van der Waals surface area contributed by atoms with Crippen molar-refractivity contribution in [2.45, 2.75) is 230 Å². The van der Waals surface area contributed by atoms with Gasteiger partial charge in [0.2, 0.25) is 5.91 Å². The lowest BCUT2D eigenvalue weighted by Gasteiger charge is -2.40. The van der Waals surface area contributed by atoms with Crippen LogP contribution in [0.2, 0.25) is 0 Å². The van der Waals surface area contributed by atoms with Crippen molar-refractivity contribution in [2.24, 2.45) is 0 Å². The minimum absolute atomic E-state index is 0.141. The molecule has 1 amide bonds. The molecule has 0 spiro atoms. The van der Waals surface area contributed by atoms with Crippen molar-refractivity contribution < 1.29 is 39.8 Å². The van der Waals surface area contributed by atoms with Crippen LogP contribution in [0.15, 0.2) is 48.6 Å². The van der Waals surface area contributed by atoms with E-state index in [-0.39, 0.29) is 12.5 Å². The van der Waals surface area contributed by atoms with E-state index >= 15 is 0 Å². The monoisotopic (exact) mass is 792 g/mol. The Balaban J connectivity index is 2.05. The van der Waals surface area contributed by atoms with Gasteiger partial charge in [0, 0.05) is 6.42 Å². The van der Waals surface area contributed by atoms with Gasteiger partial charge in [-0.3, -0.25) is 4.79 Å². The molecule has 7 atom stereocenters. The molecule has 0 aromatic rings. The number of carbonyl (C=O) groups is 1. The first-order valence-corrected chi connectivity index (χ1v) is 22.8. The highest BCUT2D eigenvalue weighted by molar-refractivity contribution is 5.76. The van der Waals surface area contributed by atoms with Gasteiger partial charge in [-0.1, -0.05) is 178 Å². The molecule has 56 heavy (non-hydrogen) atoms. The predicted octanol–water partition coefficient (Wildman–Crippen LogP) is 9.45. The Bertz CT molecular complexity index is 1010. The van der Waals surface area contributed by atoms with Gasteiger partial charge in [-0.05, 0) is 51.4 Å². The Morgan fingerprint density at radius 3 is 1.62 bits per heavy atom. The van der Waals surface area contributed by atoms with Crippen LogP contribution < -0.4 is 5.32 Å². The second kappa shape index (κ2) is 37.4. The molecule has 0 aromatic heterocycles. The molecule has 326 valence electrons. The third-order valence-corrected chi connectivity index (χ3v) is 10.7. The van der Waals surface area contributed by atoms with Crippen molar-refractivity contribution in [3.05, 3.63) is 48.6 Å². The summed E-state index contributed by atoms with van der Waals surface area (Å²) in [5.74, 6) is -0.155. The third-order valence-electron chi connectivity index (χ3n) is 10.7. The molecule has 0 radical (unpaired) electrons. The lowest BCUT2D eigenvalue weighted by Crippen LogP contribution is -2.60. The summed E-state index contributed by atoms with van der Waals surface area (Å²) in [7, 11) is 0. The van der Waals surface area contributed by atoms with Crippen LogP contribution >= 0.6 is 0 Å². The standard InChI is InChI=1S/C47H85NO8/c1-3-5-7-9-10-11-12-13-14-15-16-17-18-19-20-21-22-23-24-25-26-27-28-29-30-31-32-33-35-37-43(51)48-40(41(50)36-34-8-6-4-2)39-55-47-46(54)45(53)44(52)42(38-49)56-47/h5,7,10-11,13-14,16-17,40-42,44-47,49-50,52-54H,3-4,6,8-9,12,15,18-39H2,1-2H3,(H,48,51)/b7-5-,11-10-,14-13-,17-16-. The Labute approximate surface area is 342 Å². The predicted molar refractivity (Wildman–Crippen MR) is 230 cm³/mol. The number of carbonyl (C=O) groups excluding carboxylic acids is 1. The van der Waals surface area contributed by atoms with Gasteiger partial charge in [0.1, 0.15) is 24.4 Å². The van der Waals surface area contributed by atoms with Gasteiger partial charge in [0.25, 0.3) is 0 Å². The molecule has 9 nitrogen and oxygen atoms in total. The van der Waals surface area contributed by atoms with Crippen molar-refractivity contribution in [1.82, 2.24) is 5.32 Å². The molecule has 0 aliphatic carbocycles. The summed E-state index contributed by atoms with van der Waals surface area (Å²) in [6.45, 7) is 3.59. The molecule has 9 heteroatoms. The average molecular weight is 792 g/mol. The fraction of sp³-hybridized carbons (Fsp3) is 0.809. The molecular formula is C47H85NO8. The smallest absolute Gasteiger partial charge is 0.220 e. The van der Waals surface area contributed by atoms with Crippen molar-refractivity contribution in [3.8, 4) is 0 Å². The first kappa shape index (κ1) is 52.2. The molecule has 7 unspecified atom stereocenters. The number of aliphatic hydroxyl groups is 5. The van der Waals surface area contributed by atoms with Crippen LogP contribution in [0, 0.1) is 0 Å². The van der Waals surface area contributed by atoms with Crippen molar-refractivity contribution in [1.29, 1.82) is 0 Å². The number of rotatable bonds is 37. The number of hydrogen-bond acceptors (Lipinski definition) is 8. The van der Waals surface area contributed by atoms with E-state index in [1.165, 1.54) is 89.9 Å². The number of hydrogen-bond donors (Lipinski definition) is 6. The van der Waals surface area contributed by atoms with E-state index in [0.29, 0.717) is 12.8 Å². The van der Waals surface area contributed by atoms with E-state index in [4.69, 9.17) is 9.47 Å². The highest BCUT2D eigenvalue weighted by Gasteiger charge is 2.44. The summed E-state index contributed by atoms with van der Waals surface area (Å²) < 4.78 is 11.1. The number of unbranched alkanes of at least 4 members (excludes halogenated alkanes) is 19. The summed E-state index contributed by atoms with van der Waals surface area (Å²) in [6.07, 6.45) is 40.6. The molecule has 1 aliphatic rings. The molecule has 1 saturated heterocycles. The maximum absolute atomic E-state index is 12.8. The molecule has 0 saturated carbocycles. The normalized spacial score (nSPS) is 21.6. The Hall–Kier alpha value is -1.85. The first-order valence-electron chi connectivity index (χ1n) is 22.8. The van der Waals surface area contributed by atoms with Crippen LogP contribution in [0.3, 0.4) is 0 Å². The molecule has 1 rings (SSSR count). The summed E-state index contributed by atoms with van der Waals surface area (Å²) in [5.41, 5.74) is 0. The fourth-order valence-corrected chi connectivity index (χ4v) is 7.03. The molecular weight excluding hydrogens is 707 g/mol. The number of aliphatic hydroxyl groups excluding tert-OH is 5. The van der Waals surface area contributed by atoms with Crippen LogP contribution in [-0.4, -0.2) is 87.5 Å². The molecule has 1 fully saturated rings. The summed E-state index contributed by atoms with van der Waals surface area (Å²) in [5, 5.41) is 53.7.